The molecular formula is C31H31N7O2S. The number of aliphatic imine (C=N–C) groups is 1. The predicted molar refractivity (Wildman–Crippen MR) is 165 cm³/mol. The van der Waals surface area contributed by atoms with Crippen molar-refractivity contribution in [1.29, 1.82) is 5.53 Å². The quantitative estimate of drug-likeness (QED) is 0.126. The van der Waals surface area contributed by atoms with Crippen molar-refractivity contribution >= 4 is 55.8 Å². The van der Waals surface area contributed by atoms with E-state index in [9.17, 15) is 9.59 Å². The highest BCUT2D eigenvalue weighted by Crippen LogP contribution is 2.32. The van der Waals surface area contributed by atoms with E-state index in [2.05, 4.69) is 44.7 Å². The van der Waals surface area contributed by atoms with Gasteiger partial charge in [0.2, 0.25) is 5.96 Å². The van der Waals surface area contributed by atoms with E-state index in [4.69, 9.17) is 11.3 Å². The first kappa shape index (κ1) is 27.9. The van der Waals surface area contributed by atoms with Crippen molar-refractivity contribution in [3.05, 3.63) is 94.6 Å². The fourth-order valence-electron chi connectivity index (χ4n) is 4.95. The topological polar surface area (TPSA) is 137 Å². The summed E-state index contributed by atoms with van der Waals surface area (Å²) < 4.78 is 1.05. The molecule has 9 nitrogen and oxygen atoms in total. The largest absolute Gasteiger partial charge is 0.366 e. The number of fused-ring (bicyclic) bond motifs is 1. The maximum atomic E-state index is 13.7. The molecule has 0 atom stereocenters. The fraction of sp³-hybridized carbons (Fsp3) is 0.226. The van der Waals surface area contributed by atoms with Crippen LogP contribution in [-0.4, -0.2) is 22.9 Å². The van der Waals surface area contributed by atoms with Gasteiger partial charge < -0.3 is 5.73 Å². The van der Waals surface area contributed by atoms with Crippen molar-refractivity contribution in [3.8, 4) is 0 Å². The molecule has 4 aromatic rings. The number of allylic oxidation sites excluding steroid dienone is 2. The summed E-state index contributed by atoms with van der Waals surface area (Å²) in [6, 6.07) is 18.7. The van der Waals surface area contributed by atoms with Gasteiger partial charge in [0.05, 0.1) is 16.8 Å². The van der Waals surface area contributed by atoms with Gasteiger partial charge in [-0.1, -0.05) is 47.7 Å². The molecule has 4 N–H and O–H groups in total. The molecule has 3 aromatic carbocycles. The summed E-state index contributed by atoms with van der Waals surface area (Å²) in [6.45, 7) is 4.34. The van der Waals surface area contributed by atoms with Gasteiger partial charge >= 0.3 is 6.03 Å². The molecule has 208 valence electrons. The molecule has 0 aliphatic heterocycles. The summed E-state index contributed by atoms with van der Waals surface area (Å²) in [5, 5.41) is 6.49. The molecule has 0 radical (unpaired) electrons. The number of carbonyl (C=O) groups is 2. The Hall–Kier alpha value is -4.70. The van der Waals surface area contributed by atoms with Gasteiger partial charge in [0.25, 0.3) is 5.91 Å². The number of nitrogens with zero attached hydrogens (tertiary/aromatic N) is 4. The number of nitrogens with two attached hydrogens (primary N) is 1. The Labute approximate surface area is 242 Å². The van der Waals surface area contributed by atoms with Crippen LogP contribution in [0.5, 0.6) is 0 Å². The van der Waals surface area contributed by atoms with Gasteiger partial charge in [0.1, 0.15) is 0 Å². The van der Waals surface area contributed by atoms with E-state index in [1.165, 1.54) is 35.3 Å². The molecule has 10 heteroatoms. The van der Waals surface area contributed by atoms with E-state index in [1.54, 1.807) is 29.2 Å². The minimum atomic E-state index is -0.589. The van der Waals surface area contributed by atoms with Gasteiger partial charge in [-0.2, -0.15) is 4.99 Å². The molecule has 1 aromatic heterocycles. The lowest BCUT2D eigenvalue weighted by Crippen LogP contribution is -2.34. The van der Waals surface area contributed by atoms with E-state index >= 15 is 0 Å². The molecule has 0 saturated heterocycles. The zero-order chi connectivity index (χ0) is 28.9. The van der Waals surface area contributed by atoms with Crippen LogP contribution in [-0.2, 0) is 6.54 Å². The zero-order valence-electron chi connectivity index (χ0n) is 23.0. The Morgan fingerprint density at radius 3 is 2.51 bits per heavy atom. The fourth-order valence-corrected chi connectivity index (χ4v) is 5.86. The van der Waals surface area contributed by atoms with Gasteiger partial charge in [-0.05, 0) is 97.7 Å². The molecule has 0 spiro atoms. The highest BCUT2D eigenvalue weighted by Gasteiger charge is 2.20. The van der Waals surface area contributed by atoms with Crippen LogP contribution in [0.25, 0.3) is 15.8 Å². The Kier molecular flexibility index (Phi) is 8.30. The number of anilines is 2. The molecule has 0 fully saturated rings. The first-order valence-electron chi connectivity index (χ1n) is 13.4. The Bertz CT molecular complexity index is 1670. The van der Waals surface area contributed by atoms with Crippen molar-refractivity contribution in [2.24, 2.45) is 15.8 Å². The number of urea groups is 1. The Morgan fingerprint density at radius 1 is 1.07 bits per heavy atom. The zero-order valence-corrected chi connectivity index (χ0v) is 23.8. The van der Waals surface area contributed by atoms with Crippen LogP contribution in [0.3, 0.4) is 0 Å². The Balaban J connectivity index is 1.42. The maximum absolute atomic E-state index is 13.7. The molecule has 0 saturated carbocycles. The van der Waals surface area contributed by atoms with Crippen molar-refractivity contribution < 1.29 is 9.59 Å². The number of nitrogens with one attached hydrogen (secondary N) is 2. The number of rotatable bonds is 6. The van der Waals surface area contributed by atoms with Crippen LogP contribution < -0.4 is 16.0 Å². The van der Waals surface area contributed by atoms with Gasteiger partial charge in [0.15, 0.2) is 5.13 Å². The SMILES string of the molecule is Cc1cc(C)c2sc(NC(=O)N(Cc3ccc(C(=O)N=C(N)N=N)cc3)c3ccc(C4=CCCCC4)cc3)nc2c1. The van der Waals surface area contributed by atoms with E-state index in [0.717, 1.165) is 45.4 Å². The van der Waals surface area contributed by atoms with E-state index < -0.39 is 11.9 Å². The van der Waals surface area contributed by atoms with Crippen molar-refractivity contribution in [1.82, 2.24) is 4.98 Å². The van der Waals surface area contributed by atoms with Crippen LogP contribution in [0.2, 0.25) is 0 Å². The summed E-state index contributed by atoms with van der Waals surface area (Å²) in [6.07, 6.45) is 6.89. The molecule has 3 amide bonds. The third kappa shape index (κ3) is 6.55. The standard InChI is InChI=1S/C31H31N7O2S/c1-19-16-20(2)27-26(17-19)34-30(41-27)36-31(40)38(25-14-12-23(13-15-25)22-6-4-3-5-7-22)18-21-8-10-24(11-9-21)28(39)35-29(32)37-33/h6,8-17,33H,3-5,7,18H2,1-2H3,(H2,32,35,39)(H,34,36,40). The van der Waals surface area contributed by atoms with E-state index in [-0.39, 0.29) is 12.6 Å². The lowest BCUT2D eigenvalue weighted by atomic mass is 9.93. The number of thiazole rings is 1. The highest BCUT2D eigenvalue weighted by atomic mass is 32.1. The second kappa shape index (κ2) is 12.2. The molecule has 5 rings (SSSR count). The number of aryl methyl sites for hydroxylation is 2. The van der Waals surface area contributed by atoms with Gasteiger partial charge in [-0.25, -0.2) is 15.3 Å². The van der Waals surface area contributed by atoms with Gasteiger partial charge in [-0.3, -0.25) is 15.0 Å². The normalized spacial score (nSPS) is 13.5. The lowest BCUT2D eigenvalue weighted by molar-refractivity contribution is 0.100. The Morgan fingerprint density at radius 2 is 1.83 bits per heavy atom. The van der Waals surface area contributed by atoms with Crippen LogP contribution in [0.1, 0.15) is 58.3 Å². The number of aromatic nitrogens is 1. The second-order valence-electron chi connectivity index (χ2n) is 10.1. The van der Waals surface area contributed by atoms with Crippen LogP contribution in [0.15, 0.2) is 76.8 Å². The first-order chi connectivity index (χ1) is 19.8. The van der Waals surface area contributed by atoms with E-state index in [0.29, 0.717) is 10.7 Å². The lowest BCUT2D eigenvalue weighted by Gasteiger charge is -2.23. The summed E-state index contributed by atoms with van der Waals surface area (Å²) in [5.41, 5.74) is 19.7. The monoisotopic (exact) mass is 565 g/mol. The van der Waals surface area contributed by atoms with Crippen LogP contribution in [0, 0.1) is 19.4 Å². The minimum Gasteiger partial charge on any atom is -0.366 e. The van der Waals surface area contributed by atoms with Crippen LogP contribution in [0.4, 0.5) is 15.6 Å². The van der Waals surface area contributed by atoms with Crippen molar-refractivity contribution in [2.75, 3.05) is 10.2 Å². The summed E-state index contributed by atoms with van der Waals surface area (Å²) in [4.78, 5) is 35.9. The average molecular weight is 566 g/mol. The molecule has 0 bridgehead atoms. The number of hydrogen-bond acceptors (Lipinski definition) is 5. The maximum Gasteiger partial charge on any atom is 0.328 e. The van der Waals surface area contributed by atoms with Crippen molar-refractivity contribution in [2.45, 2.75) is 46.1 Å². The van der Waals surface area contributed by atoms with Gasteiger partial charge in [-0.15, -0.1) is 5.11 Å². The molecular weight excluding hydrogens is 534 g/mol. The smallest absolute Gasteiger partial charge is 0.328 e. The number of amides is 3. The third-order valence-electron chi connectivity index (χ3n) is 6.99. The molecule has 1 aliphatic rings. The number of hydrogen-bond donors (Lipinski definition) is 3. The number of carbonyl (C=O) groups excluding carboxylic acids is 2. The second-order valence-corrected chi connectivity index (χ2v) is 11.1. The van der Waals surface area contributed by atoms with E-state index in [1.807, 2.05) is 32.0 Å². The highest BCUT2D eigenvalue weighted by molar-refractivity contribution is 7.22. The van der Waals surface area contributed by atoms with Gasteiger partial charge in [0, 0.05) is 11.3 Å². The number of benzene rings is 3. The molecule has 1 heterocycles. The molecule has 41 heavy (non-hydrogen) atoms. The summed E-state index contributed by atoms with van der Waals surface area (Å²) >= 11 is 1.45. The third-order valence-corrected chi connectivity index (χ3v) is 8.11. The summed E-state index contributed by atoms with van der Waals surface area (Å²) in [5.74, 6) is -0.997. The number of guanidine groups is 1. The van der Waals surface area contributed by atoms with Crippen LogP contribution >= 0.6 is 11.3 Å². The van der Waals surface area contributed by atoms with Crippen molar-refractivity contribution in [3.63, 3.8) is 0 Å². The minimum absolute atomic E-state index is 0.263. The molecule has 0 unspecified atom stereocenters. The average Bonchev–Trinajstić information content (AvgIpc) is 3.39. The molecule has 1 aliphatic carbocycles. The predicted octanol–water partition coefficient (Wildman–Crippen LogP) is 7.60. The first-order valence-corrected chi connectivity index (χ1v) is 14.2. The summed E-state index contributed by atoms with van der Waals surface area (Å²) in [7, 11) is 0.